The van der Waals surface area contributed by atoms with Gasteiger partial charge in [0, 0.05) is 32.1 Å². The third kappa shape index (κ3) is 4.03. The normalized spacial score (nSPS) is 10.4. The van der Waals surface area contributed by atoms with E-state index in [-0.39, 0.29) is 0 Å². The molecule has 2 rings (SSSR count). The molecule has 2 aromatic rings. The summed E-state index contributed by atoms with van der Waals surface area (Å²) in [6.45, 7) is 4.19. The Balaban J connectivity index is 2.16. The minimum absolute atomic E-state index is 0.657. The smallest absolute Gasteiger partial charge is 0.225 e. The molecule has 0 unspecified atom stereocenters. The van der Waals surface area contributed by atoms with Crippen molar-refractivity contribution in [1.82, 2.24) is 9.97 Å². The zero-order chi connectivity index (χ0) is 13.5. The van der Waals surface area contributed by atoms with Gasteiger partial charge >= 0.3 is 0 Å². The molecule has 100 valence electrons. The molecule has 0 spiro atoms. The Morgan fingerprint density at radius 2 is 1.95 bits per heavy atom. The van der Waals surface area contributed by atoms with Gasteiger partial charge in [-0.3, -0.25) is 0 Å². The number of aryl methyl sites for hydroxylation is 1. The highest BCUT2D eigenvalue weighted by Crippen LogP contribution is 2.12. The van der Waals surface area contributed by atoms with Crippen molar-refractivity contribution < 1.29 is 4.74 Å². The van der Waals surface area contributed by atoms with E-state index in [4.69, 9.17) is 4.74 Å². The van der Waals surface area contributed by atoms with Crippen LogP contribution in [0.2, 0.25) is 0 Å². The zero-order valence-electron chi connectivity index (χ0n) is 11.4. The Hall–Kier alpha value is -1.94. The Labute approximate surface area is 114 Å². The standard InChI is InChI=1S/C15H19N3O/c1-13-8-9-16-15(17-13)18(10-11-19-2)12-14-6-4-3-5-7-14/h3-9H,10-12H2,1-2H3. The van der Waals surface area contributed by atoms with Crippen LogP contribution in [0.1, 0.15) is 11.3 Å². The Morgan fingerprint density at radius 1 is 1.16 bits per heavy atom. The van der Waals surface area contributed by atoms with Crippen molar-refractivity contribution in [3.63, 3.8) is 0 Å². The van der Waals surface area contributed by atoms with E-state index < -0.39 is 0 Å². The molecule has 1 aromatic carbocycles. The van der Waals surface area contributed by atoms with Crippen LogP contribution in [0.25, 0.3) is 0 Å². The van der Waals surface area contributed by atoms with Crippen molar-refractivity contribution in [2.24, 2.45) is 0 Å². The van der Waals surface area contributed by atoms with Gasteiger partial charge in [0.25, 0.3) is 0 Å². The highest BCUT2D eigenvalue weighted by molar-refractivity contribution is 5.32. The third-order valence-electron chi connectivity index (χ3n) is 2.85. The molecule has 0 aliphatic rings. The number of methoxy groups -OCH3 is 1. The average Bonchev–Trinajstić information content (AvgIpc) is 2.44. The summed E-state index contributed by atoms with van der Waals surface area (Å²) < 4.78 is 5.16. The second kappa shape index (κ2) is 6.85. The van der Waals surface area contributed by atoms with Crippen LogP contribution in [0.5, 0.6) is 0 Å². The first-order valence-corrected chi connectivity index (χ1v) is 6.37. The fourth-order valence-electron chi connectivity index (χ4n) is 1.84. The summed E-state index contributed by atoms with van der Waals surface area (Å²) in [5.41, 5.74) is 2.21. The molecule has 0 amide bonds. The Morgan fingerprint density at radius 3 is 2.63 bits per heavy atom. The maximum absolute atomic E-state index is 5.16. The number of anilines is 1. The highest BCUT2D eigenvalue weighted by Gasteiger charge is 2.10. The summed E-state index contributed by atoms with van der Waals surface area (Å²) in [4.78, 5) is 11.0. The van der Waals surface area contributed by atoms with Crippen molar-refractivity contribution in [3.8, 4) is 0 Å². The van der Waals surface area contributed by atoms with E-state index in [1.165, 1.54) is 5.56 Å². The first-order valence-electron chi connectivity index (χ1n) is 6.37. The number of ether oxygens (including phenoxy) is 1. The number of hydrogen-bond donors (Lipinski definition) is 0. The van der Waals surface area contributed by atoms with Crippen molar-refractivity contribution in [2.45, 2.75) is 13.5 Å². The summed E-state index contributed by atoms with van der Waals surface area (Å²) in [5.74, 6) is 0.751. The van der Waals surface area contributed by atoms with Gasteiger partial charge in [-0.1, -0.05) is 30.3 Å². The van der Waals surface area contributed by atoms with E-state index in [9.17, 15) is 0 Å². The lowest BCUT2D eigenvalue weighted by Crippen LogP contribution is -2.28. The second-order valence-electron chi connectivity index (χ2n) is 4.40. The van der Waals surface area contributed by atoms with Crippen LogP contribution in [0, 0.1) is 6.92 Å². The summed E-state index contributed by atoms with van der Waals surface area (Å²) in [6, 6.07) is 12.2. The van der Waals surface area contributed by atoms with Gasteiger partial charge < -0.3 is 9.64 Å². The van der Waals surface area contributed by atoms with Gasteiger partial charge in [-0.2, -0.15) is 0 Å². The summed E-state index contributed by atoms with van der Waals surface area (Å²) in [5, 5.41) is 0. The van der Waals surface area contributed by atoms with Crippen LogP contribution in [0.15, 0.2) is 42.6 Å². The number of hydrogen-bond acceptors (Lipinski definition) is 4. The van der Waals surface area contributed by atoms with E-state index >= 15 is 0 Å². The molecule has 0 saturated heterocycles. The van der Waals surface area contributed by atoms with Gasteiger partial charge in [-0.25, -0.2) is 9.97 Å². The van der Waals surface area contributed by atoms with Crippen LogP contribution in [-0.4, -0.2) is 30.2 Å². The SMILES string of the molecule is COCCN(Cc1ccccc1)c1nccc(C)n1. The number of nitrogens with zero attached hydrogens (tertiary/aromatic N) is 3. The van der Waals surface area contributed by atoms with Crippen LogP contribution in [0.3, 0.4) is 0 Å². The molecule has 0 N–H and O–H groups in total. The molecule has 0 atom stereocenters. The summed E-state index contributed by atoms with van der Waals surface area (Å²) >= 11 is 0. The predicted octanol–water partition coefficient (Wildman–Crippen LogP) is 2.44. The largest absolute Gasteiger partial charge is 0.383 e. The fourth-order valence-corrected chi connectivity index (χ4v) is 1.84. The molecule has 0 aliphatic carbocycles. The van der Waals surface area contributed by atoms with Gasteiger partial charge in [-0.05, 0) is 18.6 Å². The number of aromatic nitrogens is 2. The lowest BCUT2D eigenvalue weighted by atomic mass is 10.2. The first-order chi connectivity index (χ1) is 9.29. The van der Waals surface area contributed by atoms with Gasteiger partial charge in [0.05, 0.1) is 6.61 Å². The van der Waals surface area contributed by atoms with E-state index in [0.29, 0.717) is 6.61 Å². The first kappa shape index (κ1) is 13.5. The van der Waals surface area contributed by atoms with Crippen LogP contribution >= 0.6 is 0 Å². The molecule has 4 nitrogen and oxygen atoms in total. The lowest BCUT2D eigenvalue weighted by molar-refractivity contribution is 0.204. The van der Waals surface area contributed by atoms with Gasteiger partial charge in [0.2, 0.25) is 5.95 Å². The maximum Gasteiger partial charge on any atom is 0.225 e. The molecule has 0 fully saturated rings. The topological polar surface area (TPSA) is 38.2 Å². The second-order valence-corrected chi connectivity index (χ2v) is 4.40. The van der Waals surface area contributed by atoms with Crippen molar-refractivity contribution in [3.05, 3.63) is 53.9 Å². The fraction of sp³-hybridized carbons (Fsp3) is 0.333. The lowest BCUT2D eigenvalue weighted by Gasteiger charge is -2.22. The van der Waals surface area contributed by atoms with E-state index in [1.807, 2.05) is 31.2 Å². The summed E-state index contributed by atoms with van der Waals surface area (Å²) in [6.07, 6.45) is 1.79. The molecule has 0 radical (unpaired) electrons. The minimum atomic E-state index is 0.657. The third-order valence-corrected chi connectivity index (χ3v) is 2.85. The van der Waals surface area contributed by atoms with Crippen molar-refractivity contribution >= 4 is 5.95 Å². The maximum atomic E-state index is 5.16. The minimum Gasteiger partial charge on any atom is -0.383 e. The van der Waals surface area contributed by atoms with Gasteiger partial charge in [0.1, 0.15) is 0 Å². The monoisotopic (exact) mass is 257 g/mol. The van der Waals surface area contributed by atoms with E-state index in [0.717, 1.165) is 24.7 Å². The van der Waals surface area contributed by atoms with Crippen LogP contribution < -0.4 is 4.90 Å². The Kier molecular flexibility index (Phi) is 4.86. The molecule has 0 aliphatic heterocycles. The van der Waals surface area contributed by atoms with Crippen molar-refractivity contribution in [2.75, 3.05) is 25.2 Å². The molecule has 19 heavy (non-hydrogen) atoms. The van der Waals surface area contributed by atoms with Crippen LogP contribution in [0.4, 0.5) is 5.95 Å². The van der Waals surface area contributed by atoms with Crippen molar-refractivity contribution in [1.29, 1.82) is 0 Å². The highest BCUT2D eigenvalue weighted by atomic mass is 16.5. The Bertz CT molecular complexity index is 502. The van der Waals surface area contributed by atoms with E-state index in [2.05, 4.69) is 27.0 Å². The number of benzene rings is 1. The predicted molar refractivity (Wildman–Crippen MR) is 76.1 cm³/mol. The molecule has 0 bridgehead atoms. The number of rotatable bonds is 6. The van der Waals surface area contributed by atoms with Crippen LogP contribution in [-0.2, 0) is 11.3 Å². The molecule has 0 saturated carbocycles. The zero-order valence-corrected chi connectivity index (χ0v) is 11.4. The molecule has 1 heterocycles. The molecule has 4 heteroatoms. The molecular weight excluding hydrogens is 238 g/mol. The summed E-state index contributed by atoms with van der Waals surface area (Å²) in [7, 11) is 1.71. The molecule has 1 aromatic heterocycles. The molecular formula is C15H19N3O. The van der Waals surface area contributed by atoms with E-state index in [1.54, 1.807) is 13.3 Å². The van der Waals surface area contributed by atoms with Gasteiger partial charge in [0.15, 0.2) is 0 Å². The van der Waals surface area contributed by atoms with Gasteiger partial charge in [-0.15, -0.1) is 0 Å². The quantitative estimate of drug-likeness (QED) is 0.796. The average molecular weight is 257 g/mol.